The van der Waals surface area contributed by atoms with Crippen LogP contribution in [0.4, 0.5) is 28.2 Å². The summed E-state index contributed by atoms with van der Waals surface area (Å²) in [6, 6.07) is 3.78. The molecule has 0 spiro atoms. The van der Waals surface area contributed by atoms with Gasteiger partial charge in [0.15, 0.2) is 12.4 Å². The van der Waals surface area contributed by atoms with Gasteiger partial charge in [-0.1, -0.05) is 31.5 Å². The number of aromatic nitrogens is 2. The molecular weight excluding hydrogens is 392 g/mol. The van der Waals surface area contributed by atoms with Crippen LogP contribution in [0.1, 0.15) is 25.5 Å². The maximum absolute atomic E-state index is 13.5. The number of ether oxygens (including phenoxy) is 1. The number of carbonyl (C=O) groups excluding carboxylic acids is 1. The van der Waals surface area contributed by atoms with Crippen LogP contribution in [0.15, 0.2) is 23.2 Å². The first-order valence-corrected chi connectivity index (χ1v) is 7.99. The van der Waals surface area contributed by atoms with Crippen molar-refractivity contribution in [2.24, 2.45) is 10.7 Å². The Morgan fingerprint density at radius 3 is 2.63 bits per heavy atom. The molecule has 0 saturated carbocycles. The third-order valence-electron chi connectivity index (χ3n) is 3.37. The lowest BCUT2D eigenvalue weighted by Gasteiger charge is -2.09. The Labute approximate surface area is 156 Å². The van der Waals surface area contributed by atoms with Crippen LogP contribution >= 0.6 is 11.6 Å². The second-order valence-corrected chi connectivity index (χ2v) is 6.13. The Kier molecular flexibility index (Phi) is 6.09. The summed E-state index contributed by atoms with van der Waals surface area (Å²) in [6.45, 7) is 1.71. The van der Waals surface area contributed by atoms with Crippen LogP contribution in [0.2, 0.25) is 5.02 Å². The van der Waals surface area contributed by atoms with Gasteiger partial charge in [0.05, 0.1) is 22.6 Å². The molecule has 1 aromatic heterocycles. The molecule has 146 valence electrons. The van der Waals surface area contributed by atoms with Gasteiger partial charge in [0, 0.05) is 0 Å². The SMILES string of the molecule is CC(C)c1nn(C(=O)OCC(F)(F)F)c(/N=C\N)c1-c1ccc(F)c(Cl)c1. The second kappa shape index (κ2) is 7.95. The number of halogens is 5. The van der Waals surface area contributed by atoms with Gasteiger partial charge in [-0.15, -0.1) is 4.68 Å². The van der Waals surface area contributed by atoms with Crippen molar-refractivity contribution < 1.29 is 27.1 Å². The van der Waals surface area contributed by atoms with Gasteiger partial charge in [0.25, 0.3) is 0 Å². The second-order valence-electron chi connectivity index (χ2n) is 5.73. The van der Waals surface area contributed by atoms with Crippen LogP contribution < -0.4 is 5.73 Å². The molecule has 0 bridgehead atoms. The normalized spacial score (nSPS) is 12.1. The van der Waals surface area contributed by atoms with E-state index in [0.29, 0.717) is 15.9 Å². The lowest BCUT2D eigenvalue weighted by Crippen LogP contribution is -2.24. The molecule has 0 aliphatic heterocycles. The molecule has 27 heavy (non-hydrogen) atoms. The van der Waals surface area contributed by atoms with Crippen molar-refractivity contribution in [1.82, 2.24) is 9.78 Å². The predicted molar refractivity (Wildman–Crippen MR) is 91.9 cm³/mol. The van der Waals surface area contributed by atoms with Crippen molar-refractivity contribution in [2.45, 2.75) is 25.9 Å². The van der Waals surface area contributed by atoms with Crippen molar-refractivity contribution in [3.05, 3.63) is 34.7 Å². The van der Waals surface area contributed by atoms with Crippen molar-refractivity contribution in [3.8, 4) is 11.1 Å². The van der Waals surface area contributed by atoms with Gasteiger partial charge in [0.2, 0.25) is 0 Å². The topological polar surface area (TPSA) is 82.5 Å². The van der Waals surface area contributed by atoms with Gasteiger partial charge in [-0.25, -0.2) is 14.2 Å². The summed E-state index contributed by atoms with van der Waals surface area (Å²) < 4.78 is 55.3. The van der Waals surface area contributed by atoms with Crippen molar-refractivity contribution in [1.29, 1.82) is 0 Å². The van der Waals surface area contributed by atoms with Crippen molar-refractivity contribution in [2.75, 3.05) is 6.61 Å². The summed E-state index contributed by atoms with van der Waals surface area (Å²) in [4.78, 5) is 15.9. The Morgan fingerprint density at radius 2 is 2.11 bits per heavy atom. The minimum absolute atomic E-state index is 0.156. The molecule has 0 atom stereocenters. The Bertz CT molecular complexity index is 878. The van der Waals surface area contributed by atoms with E-state index in [1.807, 2.05) is 0 Å². The van der Waals surface area contributed by atoms with E-state index in [0.717, 1.165) is 12.4 Å². The minimum atomic E-state index is -4.70. The average Bonchev–Trinajstić information content (AvgIpc) is 2.94. The first kappa shape index (κ1) is 20.7. The molecule has 2 rings (SSSR count). The zero-order chi connectivity index (χ0) is 20.4. The van der Waals surface area contributed by atoms with Gasteiger partial charge in [-0.2, -0.15) is 18.3 Å². The zero-order valence-electron chi connectivity index (χ0n) is 14.2. The van der Waals surface area contributed by atoms with Crippen LogP contribution in [-0.2, 0) is 4.74 Å². The highest BCUT2D eigenvalue weighted by Gasteiger charge is 2.32. The number of benzene rings is 1. The van der Waals surface area contributed by atoms with Gasteiger partial charge in [-0.05, 0) is 23.6 Å². The average molecular weight is 407 g/mol. The fourth-order valence-electron chi connectivity index (χ4n) is 2.28. The van der Waals surface area contributed by atoms with E-state index in [9.17, 15) is 22.4 Å². The maximum Gasteiger partial charge on any atom is 0.437 e. The van der Waals surface area contributed by atoms with E-state index in [4.69, 9.17) is 17.3 Å². The number of carbonyl (C=O) groups is 1. The number of aliphatic imine (C=N–C) groups is 1. The van der Waals surface area contributed by atoms with E-state index < -0.39 is 24.7 Å². The van der Waals surface area contributed by atoms with Crippen LogP contribution in [0.5, 0.6) is 0 Å². The van der Waals surface area contributed by atoms with Crippen LogP contribution in [0, 0.1) is 5.82 Å². The fraction of sp³-hybridized carbons (Fsp3) is 0.312. The summed E-state index contributed by atoms with van der Waals surface area (Å²) >= 11 is 5.81. The lowest BCUT2D eigenvalue weighted by molar-refractivity contribution is -0.160. The molecule has 6 nitrogen and oxygen atoms in total. The standard InChI is InChI=1S/C16H15ClF4N4O2/c1-8(2)13-12(9-3-4-11(18)10(17)5-9)14(23-7-22)25(24-13)15(26)27-6-16(19,20)21/h3-5,7-8H,6H2,1-2H3,(H2,22,23). The van der Waals surface area contributed by atoms with Gasteiger partial charge in [-0.3, -0.25) is 0 Å². The van der Waals surface area contributed by atoms with Crippen LogP contribution in [0.25, 0.3) is 11.1 Å². The fourth-order valence-corrected chi connectivity index (χ4v) is 2.46. The van der Waals surface area contributed by atoms with E-state index in [-0.39, 0.29) is 22.3 Å². The monoisotopic (exact) mass is 406 g/mol. The number of nitrogens with two attached hydrogens (primary N) is 1. The van der Waals surface area contributed by atoms with E-state index in [2.05, 4.69) is 14.8 Å². The smallest absolute Gasteiger partial charge is 0.437 e. The van der Waals surface area contributed by atoms with Gasteiger partial charge >= 0.3 is 12.3 Å². The molecule has 0 aliphatic carbocycles. The van der Waals surface area contributed by atoms with E-state index in [1.165, 1.54) is 12.1 Å². The summed E-state index contributed by atoms with van der Waals surface area (Å²) in [5.74, 6) is -1.07. The molecule has 2 aromatic rings. The summed E-state index contributed by atoms with van der Waals surface area (Å²) in [6.07, 6.45) is -5.23. The highest BCUT2D eigenvalue weighted by Crippen LogP contribution is 2.38. The third kappa shape index (κ3) is 4.76. The summed E-state index contributed by atoms with van der Waals surface area (Å²) in [5.41, 5.74) is 6.27. The molecule has 1 heterocycles. The highest BCUT2D eigenvalue weighted by atomic mass is 35.5. The zero-order valence-corrected chi connectivity index (χ0v) is 15.0. The van der Waals surface area contributed by atoms with Crippen molar-refractivity contribution >= 4 is 29.9 Å². The minimum Gasteiger partial charge on any atom is -0.438 e. The largest absolute Gasteiger partial charge is 0.438 e. The molecular formula is C16H15ClF4N4O2. The molecule has 0 saturated heterocycles. The Hall–Kier alpha value is -2.62. The Morgan fingerprint density at radius 1 is 1.44 bits per heavy atom. The highest BCUT2D eigenvalue weighted by molar-refractivity contribution is 6.31. The van der Waals surface area contributed by atoms with Gasteiger partial charge in [0.1, 0.15) is 5.82 Å². The molecule has 0 fully saturated rings. The predicted octanol–water partition coefficient (Wildman–Crippen LogP) is 4.63. The maximum atomic E-state index is 13.5. The number of hydrogen-bond acceptors (Lipinski definition) is 4. The number of hydrogen-bond donors (Lipinski definition) is 1. The van der Waals surface area contributed by atoms with Crippen LogP contribution in [-0.4, -0.2) is 35.0 Å². The summed E-state index contributed by atoms with van der Waals surface area (Å²) in [7, 11) is 0. The molecule has 11 heteroatoms. The van der Waals surface area contributed by atoms with E-state index >= 15 is 0 Å². The third-order valence-corrected chi connectivity index (χ3v) is 3.66. The first-order valence-electron chi connectivity index (χ1n) is 7.61. The molecule has 0 amide bonds. The Balaban J connectivity index is 2.62. The quantitative estimate of drug-likeness (QED) is 0.456. The number of rotatable bonds is 4. The first-order chi connectivity index (χ1) is 12.5. The number of nitrogens with zero attached hydrogens (tertiary/aromatic N) is 3. The molecule has 2 N–H and O–H groups in total. The van der Waals surface area contributed by atoms with E-state index in [1.54, 1.807) is 13.8 Å². The van der Waals surface area contributed by atoms with Crippen molar-refractivity contribution in [3.63, 3.8) is 0 Å². The number of alkyl halides is 3. The lowest BCUT2D eigenvalue weighted by atomic mass is 9.99. The molecule has 0 radical (unpaired) electrons. The molecule has 1 aromatic carbocycles. The molecule has 0 aliphatic rings. The van der Waals surface area contributed by atoms with Crippen LogP contribution in [0.3, 0.4) is 0 Å². The molecule has 0 unspecified atom stereocenters. The van der Waals surface area contributed by atoms with Gasteiger partial charge < -0.3 is 10.5 Å². The summed E-state index contributed by atoms with van der Waals surface area (Å²) in [5, 5.41) is 3.84.